The van der Waals surface area contributed by atoms with Crippen molar-refractivity contribution in [3.63, 3.8) is 0 Å². The number of hydrogen-bond acceptors (Lipinski definition) is 7. The van der Waals surface area contributed by atoms with E-state index in [9.17, 15) is 8.42 Å². The minimum Gasteiger partial charge on any atom is -0.496 e. The Hall–Kier alpha value is -3.69. The van der Waals surface area contributed by atoms with Crippen molar-refractivity contribution < 1.29 is 22.4 Å². The van der Waals surface area contributed by atoms with E-state index in [4.69, 9.17) is 19.0 Å². The first-order chi connectivity index (χ1) is 18.8. The molecule has 1 unspecified atom stereocenters. The van der Waals surface area contributed by atoms with Crippen LogP contribution in [0.1, 0.15) is 35.9 Å². The van der Waals surface area contributed by atoms with Gasteiger partial charge in [0, 0.05) is 36.8 Å². The third kappa shape index (κ3) is 4.30. The van der Waals surface area contributed by atoms with Gasteiger partial charge in [-0.15, -0.1) is 0 Å². The SMILES string of the molecule is COc1ccc(S(C)(=O)=O)c2c1c1ncc(-c3c(C)noc3C)cc1n2C(c1ccccc1)C1CCOCC1. The zero-order valence-electron chi connectivity index (χ0n) is 22.5. The van der Waals surface area contributed by atoms with Crippen LogP contribution in [0.25, 0.3) is 33.1 Å². The van der Waals surface area contributed by atoms with E-state index in [1.54, 1.807) is 25.4 Å². The summed E-state index contributed by atoms with van der Waals surface area (Å²) < 4.78 is 45.7. The van der Waals surface area contributed by atoms with Gasteiger partial charge in [0.05, 0.1) is 45.7 Å². The highest BCUT2D eigenvalue weighted by Gasteiger charge is 2.33. The molecule has 0 aliphatic carbocycles. The van der Waals surface area contributed by atoms with Crippen LogP contribution in [0.3, 0.4) is 0 Å². The molecule has 0 radical (unpaired) electrons. The van der Waals surface area contributed by atoms with E-state index in [0.717, 1.165) is 40.7 Å². The van der Waals surface area contributed by atoms with Crippen molar-refractivity contribution >= 4 is 31.8 Å². The molecule has 1 fully saturated rings. The zero-order chi connectivity index (χ0) is 27.3. The van der Waals surface area contributed by atoms with Crippen LogP contribution in [0.4, 0.5) is 0 Å². The molecule has 9 heteroatoms. The molecule has 3 aromatic heterocycles. The largest absolute Gasteiger partial charge is 0.496 e. The molecule has 39 heavy (non-hydrogen) atoms. The van der Waals surface area contributed by atoms with Gasteiger partial charge < -0.3 is 18.6 Å². The molecule has 0 amide bonds. The number of fused-ring (bicyclic) bond motifs is 3. The summed E-state index contributed by atoms with van der Waals surface area (Å²) in [6.45, 7) is 5.12. The molecule has 8 nitrogen and oxygen atoms in total. The lowest BCUT2D eigenvalue weighted by Gasteiger charge is -2.33. The molecule has 2 aromatic carbocycles. The van der Waals surface area contributed by atoms with Gasteiger partial charge in [-0.2, -0.15) is 0 Å². The topological polar surface area (TPSA) is 96.5 Å². The number of ether oxygens (including phenoxy) is 2. The number of aromatic nitrogens is 3. The molecule has 1 aliphatic heterocycles. The summed E-state index contributed by atoms with van der Waals surface area (Å²) in [5.41, 5.74) is 5.76. The molecule has 1 aliphatic rings. The number of nitrogens with zero attached hydrogens (tertiary/aromatic N) is 3. The van der Waals surface area contributed by atoms with Gasteiger partial charge >= 0.3 is 0 Å². The maximum atomic E-state index is 13.2. The predicted octanol–water partition coefficient (Wildman–Crippen LogP) is 5.89. The lowest BCUT2D eigenvalue weighted by Crippen LogP contribution is -2.27. The van der Waals surface area contributed by atoms with E-state index in [-0.39, 0.29) is 16.9 Å². The van der Waals surface area contributed by atoms with E-state index in [1.165, 1.54) is 6.26 Å². The molecular weight excluding hydrogens is 514 g/mol. The van der Waals surface area contributed by atoms with Crippen molar-refractivity contribution in [2.24, 2.45) is 5.92 Å². The molecule has 5 aromatic rings. The summed E-state index contributed by atoms with van der Waals surface area (Å²) in [7, 11) is -1.99. The molecule has 0 saturated carbocycles. The highest BCUT2D eigenvalue weighted by molar-refractivity contribution is 7.91. The number of rotatable bonds is 6. The first-order valence-corrected chi connectivity index (χ1v) is 15.0. The molecule has 1 atom stereocenters. The van der Waals surface area contributed by atoms with Crippen molar-refractivity contribution in [2.45, 2.75) is 37.6 Å². The lowest BCUT2D eigenvalue weighted by molar-refractivity contribution is 0.0552. The summed E-state index contributed by atoms with van der Waals surface area (Å²) in [6.07, 6.45) is 4.77. The standard InChI is InChI=1S/C30H31N3O5S/c1-18-26(19(2)38-32-18)22-16-23-28(31-17-22)27-24(36-3)10-11-25(39(4,34)35)30(27)33(23)29(20-8-6-5-7-9-20)21-12-14-37-15-13-21/h5-11,16-17,21,29H,12-15H2,1-4H3. The molecule has 0 N–H and O–H groups in total. The van der Waals surface area contributed by atoms with Gasteiger partial charge in [-0.3, -0.25) is 4.98 Å². The van der Waals surface area contributed by atoms with Crippen LogP contribution in [-0.2, 0) is 14.6 Å². The summed E-state index contributed by atoms with van der Waals surface area (Å²) in [5, 5.41) is 4.83. The van der Waals surface area contributed by atoms with E-state index < -0.39 is 9.84 Å². The molecule has 1 saturated heterocycles. The smallest absolute Gasteiger partial charge is 0.177 e. The minimum absolute atomic E-state index is 0.149. The third-order valence-corrected chi connectivity index (χ3v) is 8.91. The van der Waals surface area contributed by atoms with Gasteiger partial charge in [0.2, 0.25) is 0 Å². The summed E-state index contributed by atoms with van der Waals surface area (Å²) in [6, 6.07) is 15.6. The second-order valence-corrected chi connectivity index (χ2v) is 12.2. The monoisotopic (exact) mass is 545 g/mol. The molecule has 6 rings (SSSR count). The Balaban J connectivity index is 1.79. The van der Waals surface area contributed by atoms with Gasteiger partial charge in [0.25, 0.3) is 0 Å². The number of hydrogen-bond donors (Lipinski definition) is 0. The fourth-order valence-corrected chi connectivity index (χ4v) is 6.94. The van der Waals surface area contributed by atoms with Crippen molar-refractivity contribution in [3.8, 4) is 16.9 Å². The quantitative estimate of drug-likeness (QED) is 0.262. The molecular formula is C30H31N3O5S. The van der Waals surface area contributed by atoms with Gasteiger partial charge in [0.1, 0.15) is 11.5 Å². The van der Waals surface area contributed by atoms with E-state index in [0.29, 0.717) is 41.1 Å². The summed E-state index contributed by atoms with van der Waals surface area (Å²) >= 11 is 0. The number of pyridine rings is 1. The Kier molecular flexibility index (Phi) is 6.43. The Morgan fingerprint density at radius 3 is 2.46 bits per heavy atom. The van der Waals surface area contributed by atoms with Crippen LogP contribution in [0.2, 0.25) is 0 Å². The number of methoxy groups -OCH3 is 1. The summed E-state index contributed by atoms with van der Waals surface area (Å²) in [5.74, 6) is 1.51. The number of aryl methyl sites for hydroxylation is 2. The van der Waals surface area contributed by atoms with Gasteiger partial charge in [-0.05, 0) is 56.4 Å². The maximum absolute atomic E-state index is 13.2. The zero-order valence-corrected chi connectivity index (χ0v) is 23.3. The fourth-order valence-electron chi connectivity index (χ4n) is 6.08. The second kappa shape index (κ2) is 9.81. The Labute approximate surface area is 227 Å². The number of benzene rings is 2. The average molecular weight is 546 g/mol. The Morgan fingerprint density at radius 2 is 1.82 bits per heavy atom. The van der Waals surface area contributed by atoms with E-state index in [1.807, 2.05) is 32.0 Å². The van der Waals surface area contributed by atoms with Gasteiger partial charge in [-0.25, -0.2) is 8.42 Å². The van der Waals surface area contributed by atoms with Crippen LogP contribution in [0.5, 0.6) is 5.75 Å². The highest BCUT2D eigenvalue weighted by Crippen LogP contribution is 2.45. The molecule has 4 heterocycles. The van der Waals surface area contributed by atoms with Crippen LogP contribution in [0.15, 0.2) is 64.1 Å². The van der Waals surface area contributed by atoms with Crippen LogP contribution >= 0.6 is 0 Å². The average Bonchev–Trinajstić information content (AvgIpc) is 3.45. The molecule has 202 valence electrons. The fraction of sp³-hybridized carbons (Fsp3) is 0.333. The summed E-state index contributed by atoms with van der Waals surface area (Å²) in [4.78, 5) is 5.18. The predicted molar refractivity (Wildman–Crippen MR) is 150 cm³/mol. The normalized spacial score (nSPS) is 15.7. The third-order valence-electron chi connectivity index (χ3n) is 7.78. The van der Waals surface area contributed by atoms with Crippen LogP contribution in [0, 0.1) is 19.8 Å². The second-order valence-electron chi connectivity index (χ2n) is 10.2. The van der Waals surface area contributed by atoms with Crippen molar-refractivity contribution in [3.05, 3.63) is 71.7 Å². The van der Waals surface area contributed by atoms with Crippen molar-refractivity contribution in [1.29, 1.82) is 0 Å². The molecule has 0 spiro atoms. The first-order valence-electron chi connectivity index (χ1n) is 13.1. The molecule has 0 bridgehead atoms. The maximum Gasteiger partial charge on any atom is 0.177 e. The Morgan fingerprint density at radius 1 is 1.08 bits per heavy atom. The lowest BCUT2D eigenvalue weighted by atomic mass is 9.86. The Bertz CT molecular complexity index is 1760. The van der Waals surface area contributed by atoms with E-state index in [2.05, 4.69) is 27.9 Å². The highest BCUT2D eigenvalue weighted by atomic mass is 32.2. The van der Waals surface area contributed by atoms with E-state index >= 15 is 0 Å². The number of sulfone groups is 1. The first kappa shape index (κ1) is 25.6. The van der Waals surface area contributed by atoms with Crippen molar-refractivity contribution in [1.82, 2.24) is 14.7 Å². The van der Waals surface area contributed by atoms with Gasteiger partial charge in [-0.1, -0.05) is 35.5 Å². The van der Waals surface area contributed by atoms with Crippen LogP contribution < -0.4 is 4.74 Å². The van der Waals surface area contributed by atoms with Crippen molar-refractivity contribution in [2.75, 3.05) is 26.6 Å². The van der Waals surface area contributed by atoms with Gasteiger partial charge in [0.15, 0.2) is 9.84 Å². The van der Waals surface area contributed by atoms with Crippen LogP contribution in [-0.4, -0.2) is 49.7 Å². The minimum atomic E-state index is -3.59.